The van der Waals surface area contributed by atoms with Gasteiger partial charge in [0.2, 0.25) is 5.91 Å². The van der Waals surface area contributed by atoms with E-state index in [0.29, 0.717) is 6.54 Å². The highest BCUT2D eigenvalue weighted by Crippen LogP contribution is 2.17. The number of hydrogen-bond acceptors (Lipinski definition) is 3. The summed E-state index contributed by atoms with van der Waals surface area (Å²) in [6.07, 6.45) is 4.81. The standard InChI is InChI=1S/C15H31N3O.ClH/c1-13(17(4)12-15(2,3)11-16)14(19)18-9-7-5-6-8-10-18;/h13H,5-12,16H2,1-4H3;1H. The number of halogens is 1. The fourth-order valence-electron chi connectivity index (χ4n) is 2.62. The smallest absolute Gasteiger partial charge is 0.239 e. The molecule has 1 amide bonds. The van der Waals surface area contributed by atoms with E-state index >= 15 is 0 Å². The van der Waals surface area contributed by atoms with Crippen LogP contribution in [0.15, 0.2) is 0 Å². The van der Waals surface area contributed by atoms with Crippen molar-refractivity contribution in [1.29, 1.82) is 0 Å². The number of likely N-dealkylation sites (N-methyl/N-ethyl adjacent to an activating group) is 1. The van der Waals surface area contributed by atoms with Crippen LogP contribution < -0.4 is 5.73 Å². The molecule has 0 spiro atoms. The van der Waals surface area contributed by atoms with Crippen molar-refractivity contribution < 1.29 is 4.79 Å². The van der Waals surface area contributed by atoms with Gasteiger partial charge in [0.1, 0.15) is 0 Å². The topological polar surface area (TPSA) is 49.6 Å². The van der Waals surface area contributed by atoms with Crippen molar-refractivity contribution in [2.75, 3.05) is 33.2 Å². The number of rotatable bonds is 5. The maximum atomic E-state index is 12.5. The summed E-state index contributed by atoms with van der Waals surface area (Å²) < 4.78 is 0. The average molecular weight is 306 g/mol. The lowest BCUT2D eigenvalue weighted by Gasteiger charge is -2.34. The molecule has 5 heteroatoms. The van der Waals surface area contributed by atoms with Crippen LogP contribution in [0.25, 0.3) is 0 Å². The van der Waals surface area contributed by atoms with Crippen LogP contribution in [-0.2, 0) is 4.79 Å². The SMILES string of the molecule is CC(C(=O)N1CCCCCC1)N(C)CC(C)(C)CN.Cl. The quantitative estimate of drug-likeness (QED) is 0.846. The van der Waals surface area contributed by atoms with Gasteiger partial charge in [-0.3, -0.25) is 9.69 Å². The highest BCUT2D eigenvalue weighted by atomic mass is 35.5. The normalized spacial score (nSPS) is 18.4. The Bertz CT molecular complexity index is 289. The largest absolute Gasteiger partial charge is 0.341 e. The lowest BCUT2D eigenvalue weighted by atomic mass is 9.92. The van der Waals surface area contributed by atoms with Gasteiger partial charge in [0.15, 0.2) is 0 Å². The van der Waals surface area contributed by atoms with Crippen molar-refractivity contribution in [3.05, 3.63) is 0 Å². The first-order valence-corrected chi connectivity index (χ1v) is 7.56. The maximum Gasteiger partial charge on any atom is 0.239 e. The van der Waals surface area contributed by atoms with Crippen molar-refractivity contribution in [3.8, 4) is 0 Å². The van der Waals surface area contributed by atoms with E-state index in [2.05, 4.69) is 18.7 Å². The minimum Gasteiger partial charge on any atom is -0.341 e. The molecule has 1 aliphatic heterocycles. The summed E-state index contributed by atoms with van der Waals surface area (Å²) >= 11 is 0. The molecule has 1 fully saturated rings. The minimum atomic E-state index is -0.0519. The van der Waals surface area contributed by atoms with E-state index in [-0.39, 0.29) is 29.8 Å². The first-order chi connectivity index (χ1) is 8.87. The van der Waals surface area contributed by atoms with Gasteiger partial charge in [0, 0.05) is 19.6 Å². The first kappa shape index (κ1) is 19.7. The van der Waals surface area contributed by atoms with E-state index in [1.807, 2.05) is 18.9 Å². The van der Waals surface area contributed by atoms with E-state index < -0.39 is 0 Å². The summed E-state index contributed by atoms with van der Waals surface area (Å²) in [6, 6.07) is -0.0519. The van der Waals surface area contributed by atoms with E-state index in [4.69, 9.17) is 5.73 Å². The molecule has 1 saturated heterocycles. The van der Waals surface area contributed by atoms with Crippen molar-refractivity contribution in [1.82, 2.24) is 9.80 Å². The Morgan fingerprint density at radius 2 is 1.75 bits per heavy atom. The number of likely N-dealkylation sites (tertiary alicyclic amines) is 1. The molecule has 0 saturated carbocycles. The second-order valence-corrected chi connectivity index (χ2v) is 6.70. The van der Waals surface area contributed by atoms with Crippen molar-refractivity contribution in [3.63, 3.8) is 0 Å². The van der Waals surface area contributed by atoms with E-state index in [9.17, 15) is 4.79 Å². The molecule has 1 rings (SSSR count). The molecule has 20 heavy (non-hydrogen) atoms. The average Bonchev–Trinajstić information content (AvgIpc) is 2.65. The molecule has 120 valence electrons. The molecular formula is C15H32ClN3O. The molecule has 4 nitrogen and oxygen atoms in total. The lowest BCUT2D eigenvalue weighted by molar-refractivity contribution is -0.136. The summed E-state index contributed by atoms with van der Waals surface area (Å²) in [5.74, 6) is 0.275. The molecule has 0 radical (unpaired) electrons. The Morgan fingerprint density at radius 3 is 2.20 bits per heavy atom. The van der Waals surface area contributed by atoms with Gasteiger partial charge in [-0.25, -0.2) is 0 Å². The second kappa shape index (κ2) is 8.85. The predicted octanol–water partition coefficient (Wildman–Crippen LogP) is 2.12. The Kier molecular flexibility index (Phi) is 8.71. The van der Waals surface area contributed by atoms with Crippen molar-refractivity contribution >= 4 is 18.3 Å². The van der Waals surface area contributed by atoms with Crippen LogP contribution in [0.4, 0.5) is 0 Å². The Hall–Kier alpha value is -0.320. The molecule has 0 aliphatic carbocycles. The fraction of sp³-hybridized carbons (Fsp3) is 0.933. The number of hydrogen-bond donors (Lipinski definition) is 1. The van der Waals surface area contributed by atoms with Crippen LogP contribution >= 0.6 is 12.4 Å². The Balaban J connectivity index is 0.00000361. The van der Waals surface area contributed by atoms with E-state index in [1.165, 1.54) is 12.8 Å². The number of amides is 1. The Morgan fingerprint density at radius 1 is 1.25 bits per heavy atom. The molecule has 1 heterocycles. The maximum absolute atomic E-state index is 12.5. The molecule has 1 aliphatic rings. The number of nitrogens with zero attached hydrogens (tertiary/aromatic N) is 2. The zero-order valence-electron chi connectivity index (χ0n) is 13.5. The summed E-state index contributed by atoms with van der Waals surface area (Å²) in [5.41, 5.74) is 5.83. The molecule has 0 bridgehead atoms. The van der Waals surface area contributed by atoms with Crippen LogP contribution in [0.5, 0.6) is 0 Å². The summed E-state index contributed by atoms with van der Waals surface area (Å²) in [7, 11) is 2.03. The highest BCUT2D eigenvalue weighted by molar-refractivity contribution is 5.85. The highest BCUT2D eigenvalue weighted by Gasteiger charge is 2.27. The van der Waals surface area contributed by atoms with Gasteiger partial charge >= 0.3 is 0 Å². The van der Waals surface area contributed by atoms with Crippen LogP contribution in [0.3, 0.4) is 0 Å². The zero-order chi connectivity index (χ0) is 14.5. The van der Waals surface area contributed by atoms with Crippen molar-refractivity contribution in [2.45, 2.75) is 52.5 Å². The van der Waals surface area contributed by atoms with Gasteiger partial charge in [0.25, 0.3) is 0 Å². The number of carbonyl (C=O) groups is 1. The zero-order valence-corrected chi connectivity index (χ0v) is 14.3. The third-order valence-corrected chi connectivity index (χ3v) is 4.17. The third kappa shape index (κ3) is 5.98. The fourth-order valence-corrected chi connectivity index (χ4v) is 2.62. The molecule has 1 atom stereocenters. The minimum absolute atomic E-state index is 0. The monoisotopic (exact) mass is 305 g/mol. The van der Waals surface area contributed by atoms with E-state index in [0.717, 1.165) is 32.5 Å². The van der Waals surface area contributed by atoms with Gasteiger partial charge in [-0.2, -0.15) is 0 Å². The van der Waals surface area contributed by atoms with Gasteiger partial charge in [-0.15, -0.1) is 12.4 Å². The predicted molar refractivity (Wildman–Crippen MR) is 87.2 cm³/mol. The summed E-state index contributed by atoms with van der Waals surface area (Å²) in [4.78, 5) is 16.7. The summed E-state index contributed by atoms with van der Waals surface area (Å²) in [6.45, 7) is 9.65. The summed E-state index contributed by atoms with van der Waals surface area (Å²) in [5, 5.41) is 0. The van der Waals surface area contributed by atoms with Gasteiger partial charge in [0.05, 0.1) is 6.04 Å². The Labute approximate surface area is 130 Å². The molecule has 0 aromatic rings. The molecule has 0 aromatic carbocycles. The molecule has 0 aromatic heterocycles. The van der Waals surface area contributed by atoms with Crippen molar-refractivity contribution in [2.24, 2.45) is 11.1 Å². The molecule has 1 unspecified atom stereocenters. The molecular weight excluding hydrogens is 274 g/mol. The van der Waals surface area contributed by atoms with Gasteiger partial charge < -0.3 is 10.6 Å². The van der Waals surface area contributed by atoms with Crippen LogP contribution in [0.2, 0.25) is 0 Å². The lowest BCUT2D eigenvalue weighted by Crippen LogP contribution is -2.49. The first-order valence-electron chi connectivity index (χ1n) is 7.56. The number of carbonyl (C=O) groups excluding carboxylic acids is 1. The van der Waals surface area contributed by atoms with Gasteiger partial charge in [-0.05, 0) is 38.8 Å². The van der Waals surface area contributed by atoms with E-state index in [1.54, 1.807) is 0 Å². The third-order valence-electron chi connectivity index (χ3n) is 4.17. The second-order valence-electron chi connectivity index (χ2n) is 6.70. The van der Waals surface area contributed by atoms with Gasteiger partial charge in [-0.1, -0.05) is 26.7 Å². The number of nitrogens with two attached hydrogens (primary N) is 1. The molecule has 2 N–H and O–H groups in total. The van der Waals surface area contributed by atoms with Crippen LogP contribution in [0, 0.1) is 5.41 Å². The van der Waals surface area contributed by atoms with Crippen LogP contribution in [-0.4, -0.2) is 55.0 Å². The van der Waals surface area contributed by atoms with Crippen LogP contribution in [0.1, 0.15) is 46.5 Å².